The second-order valence-electron chi connectivity index (χ2n) is 4.32. The van der Waals surface area contributed by atoms with Gasteiger partial charge in [0.2, 0.25) is 0 Å². The molecule has 1 fully saturated rings. The highest BCUT2D eigenvalue weighted by Gasteiger charge is 2.14. The molecule has 0 aliphatic carbocycles. The predicted molar refractivity (Wildman–Crippen MR) is 59.2 cm³/mol. The molecule has 0 aromatic heterocycles. The first-order valence-corrected chi connectivity index (χ1v) is 5.91. The maximum absolute atomic E-state index is 8.62. The van der Waals surface area contributed by atoms with Crippen molar-refractivity contribution in [2.75, 3.05) is 26.2 Å². The van der Waals surface area contributed by atoms with Crippen molar-refractivity contribution < 1.29 is 5.11 Å². The number of hydrogen-bond acceptors (Lipinski definition) is 3. The molecule has 1 saturated heterocycles. The van der Waals surface area contributed by atoms with Crippen LogP contribution in [0.2, 0.25) is 0 Å². The van der Waals surface area contributed by atoms with E-state index in [1.165, 1.54) is 38.9 Å². The number of nitrogens with two attached hydrogens (primary N) is 1. The highest BCUT2D eigenvalue weighted by atomic mass is 16.2. The lowest BCUT2D eigenvalue weighted by atomic mass is 10.1. The Balaban J connectivity index is 1.91. The highest BCUT2D eigenvalue weighted by Crippen LogP contribution is 2.09. The molecule has 0 atom stereocenters. The molecule has 0 radical (unpaired) electrons. The van der Waals surface area contributed by atoms with E-state index >= 15 is 0 Å². The molecule has 3 heteroatoms. The summed E-state index contributed by atoms with van der Waals surface area (Å²) in [6.45, 7) is 3.93. The summed E-state index contributed by atoms with van der Waals surface area (Å²) in [6, 6.07) is 0.445. The molecule has 0 bridgehead atoms. The van der Waals surface area contributed by atoms with Crippen molar-refractivity contribution in [3.05, 3.63) is 0 Å². The number of nitrogens with zero attached hydrogens (tertiary/aromatic N) is 1. The van der Waals surface area contributed by atoms with Gasteiger partial charge in [0.15, 0.2) is 0 Å². The second-order valence-corrected chi connectivity index (χ2v) is 4.32. The fraction of sp³-hybridized carbons (Fsp3) is 1.00. The lowest BCUT2D eigenvalue weighted by Gasteiger charge is -2.29. The molecule has 1 heterocycles. The maximum atomic E-state index is 8.62. The van der Waals surface area contributed by atoms with Gasteiger partial charge >= 0.3 is 0 Å². The number of rotatable bonds is 6. The van der Waals surface area contributed by atoms with Gasteiger partial charge in [0.05, 0.1) is 0 Å². The Morgan fingerprint density at radius 3 is 2.36 bits per heavy atom. The fourth-order valence-corrected chi connectivity index (χ4v) is 1.98. The normalized spacial score (nSPS) is 20.1. The molecule has 0 spiro atoms. The van der Waals surface area contributed by atoms with Crippen LogP contribution in [0, 0.1) is 0 Å². The van der Waals surface area contributed by atoms with E-state index in [2.05, 4.69) is 4.90 Å². The van der Waals surface area contributed by atoms with Crippen LogP contribution in [0.25, 0.3) is 0 Å². The third-order valence-corrected chi connectivity index (χ3v) is 3.01. The zero-order valence-corrected chi connectivity index (χ0v) is 9.12. The lowest BCUT2D eigenvalue weighted by Crippen LogP contribution is -2.39. The van der Waals surface area contributed by atoms with E-state index in [0.29, 0.717) is 12.6 Å². The third kappa shape index (κ3) is 4.94. The van der Waals surface area contributed by atoms with Crippen LogP contribution in [0.1, 0.15) is 38.5 Å². The Bertz CT molecular complexity index is 133. The number of piperidine rings is 1. The number of aliphatic hydroxyl groups is 1. The molecule has 1 rings (SSSR count). The Labute approximate surface area is 87.3 Å². The molecule has 1 aliphatic heterocycles. The number of unbranched alkanes of at least 4 members (excludes halogenated alkanes) is 3. The van der Waals surface area contributed by atoms with Crippen LogP contribution < -0.4 is 5.73 Å². The first-order chi connectivity index (χ1) is 6.83. The van der Waals surface area contributed by atoms with Crippen molar-refractivity contribution in [3.8, 4) is 0 Å². The maximum Gasteiger partial charge on any atom is 0.0431 e. The zero-order valence-electron chi connectivity index (χ0n) is 9.12. The molecule has 3 nitrogen and oxygen atoms in total. The largest absolute Gasteiger partial charge is 0.396 e. The minimum atomic E-state index is 0.346. The van der Waals surface area contributed by atoms with Gasteiger partial charge in [0.1, 0.15) is 0 Å². The zero-order chi connectivity index (χ0) is 10.2. The molecule has 3 N–H and O–H groups in total. The van der Waals surface area contributed by atoms with E-state index in [4.69, 9.17) is 10.8 Å². The van der Waals surface area contributed by atoms with E-state index in [1.54, 1.807) is 0 Å². The Morgan fingerprint density at radius 2 is 1.71 bits per heavy atom. The molecule has 1 aliphatic rings. The van der Waals surface area contributed by atoms with Gasteiger partial charge in [-0.2, -0.15) is 0 Å². The van der Waals surface area contributed by atoms with Crippen LogP contribution in [-0.2, 0) is 0 Å². The third-order valence-electron chi connectivity index (χ3n) is 3.01. The summed E-state index contributed by atoms with van der Waals surface area (Å²) in [7, 11) is 0. The van der Waals surface area contributed by atoms with E-state index in [9.17, 15) is 0 Å². The Kier molecular flexibility index (Phi) is 6.15. The van der Waals surface area contributed by atoms with Gasteiger partial charge in [-0.05, 0) is 45.3 Å². The molecular formula is C11H24N2O. The first kappa shape index (κ1) is 12.0. The monoisotopic (exact) mass is 200 g/mol. The van der Waals surface area contributed by atoms with Gasteiger partial charge in [-0.1, -0.05) is 12.8 Å². The van der Waals surface area contributed by atoms with Crippen LogP contribution in [-0.4, -0.2) is 42.3 Å². The molecule has 14 heavy (non-hydrogen) atoms. The molecule has 84 valence electrons. The molecule has 0 aromatic rings. The van der Waals surface area contributed by atoms with Crippen LogP contribution in [0.4, 0.5) is 0 Å². The SMILES string of the molecule is NC1CCN(CCCCCCO)CC1. The summed E-state index contributed by atoms with van der Waals surface area (Å²) < 4.78 is 0. The lowest BCUT2D eigenvalue weighted by molar-refractivity contribution is 0.208. The summed E-state index contributed by atoms with van der Waals surface area (Å²) >= 11 is 0. The Morgan fingerprint density at radius 1 is 1.07 bits per heavy atom. The highest BCUT2D eigenvalue weighted by molar-refractivity contribution is 4.73. The quantitative estimate of drug-likeness (QED) is 0.628. The number of hydrogen-bond donors (Lipinski definition) is 2. The second kappa shape index (κ2) is 7.21. The van der Waals surface area contributed by atoms with E-state index in [-0.39, 0.29) is 0 Å². The molecule has 0 aromatic carbocycles. The van der Waals surface area contributed by atoms with Crippen molar-refractivity contribution in [1.82, 2.24) is 4.90 Å². The van der Waals surface area contributed by atoms with Crippen molar-refractivity contribution in [2.24, 2.45) is 5.73 Å². The summed E-state index contributed by atoms with van der Waals surface area (Å²) in [5, 5.41) is 8.62. The molecule has 0 saturated carbocycles. The van der Waals surface area contributed by atoms with Crippen molar-refractivity contribution in [1.29, 1.82) is 0 Å². The van der Waals surface area contributed by atoms with Crippen LogP contribution >= 0.6 is 0 Å². The summed E-state index contributed by atoms with van der Waals surface area (Å²) in [5.41, 5.74) is 5.84. The predicted octanol–water partition coefficient (Wildman–Crippen LogP) is 0.962. The average Bonchev–Trinajstić information content (AvgIpc) is 2.21. The van der Waals surface area contributed by atoms with E-state index in [0.717, 1.165) is 19.3 Å². The summed E-state index contributed by atoms with van der Waals surface area (Å²) in [5.74, 6) is 0. The standard InChI is InChI=1S/C11H24N2O/c12-11-5-8-13(9-6-11)7-3-1-2-4-10-14/h11,14H,1-10,12H2. The van der Waals surface area contributed by atoms with Crippen LogP contribution in [0.5, 0.6) is 0 Å². The van der Waals surface area contributed by atoms with Gasteiger partial charge in [0.25, 0.3) is 0 Å². The number of likely N-dealkylation sites (tertiary alicyclic amines) is 1. The smallest absolute Gasteiger partial charge is 0.0431 e. The van der Waals surface area contributed by atoms with Crippen LogP contribution in [0.15, 0.2) is 0 Å². The topological polar surface area (TPSA) is 49.5 Å². The van der Waals surface area contributed by atoms with Gasteiger partial charge in [-0.15, -0.1) is 0 Å². The van der Waals surface area contributed by atoms with E-state index in [1.807, 2.05) is 0 Å². The number of aliphatic hydroxyl groups excluding tert-OH is 1. The minimum Gasteiger partial charge on any atom is -0.396 e. The molecular weight excluding hydrogens is 176 g/mol. The minimum absolute atomic E-state index is 0.346. The molecule has 0 amide bonds. The van der Waals surface area contributed by atoms with Gasteiger partial charge in [-0.3, -0.25) is 0 Å². The van der Waals surface area contributed by atoms with E-state index < -0.39 is 0 Å². The summed E-state index contributed by atoms with van der Waals surface area (Å²) in [4.78, 5) is 2.52. The van der Waals surface area contributed by atoms with Crippen molar-refractivity contribution >= 4 is 0 Å². The summed E-state index contributed by atoms with van der Waals surface area (Å²) in [6.07, 6.45) is 6.99. The van der Waals surface area contributed by atoms with Gasteiger partial charge in [0, 0.05) is 12.6 Å². The van der Waals surface area contributed by atoms with Gasteiger partial charge < -0.3 is 15.7 Å². The van der Waals surface area contributed by atoms with Crippen LogP contribution in [0.3, 0.4) is 0 Å². The van der Waals surface area contributed by atoms with Crippen molar-refractivity contribution in [3.63, 3.8) is 0 Å². The van der Waals surface area contributed by atoms with Crippen molar-refractivity contribution in [2.45, 2.75) is 44.6 Å². The fourth-order valence-electron chi connectivity index (χ4n) is 1.98. The first-order valence-electron chi connectivity index (χ1n) is 5.91. The average molecular weight is 200 g/mol. The van der Waals surface area contributed by atoms with Gasteiger partial charge in [-0.25, -0.2) is 0 Å². The Hall–Kier alpha value is -0.120. The molecule has 0 unspecified atom stereocenters.